The predicted octanol–water partition coefficient (Wildman–Crippen LogP) is 3.06. The van der Waals surface area contributed by atoms with E-state index < -0.39 is 0 Å². The first-order valence-electron chi connectivity index (χ1n) is 1.55. The minimum absolute atomic E-state index is 0.997. The molecule has 0 amide bonds. The Bertz CT molecular complexity index is 112. The minimum Gasteiger partial charge on any atom is -0.109 e. The lowest BCUT2D eigenvalue weighted by Crippen LogP contribution is -1.28. The Morgan fingerprint density at radius 1 is 1.83 bits per heavy atom. The SMILES string of the molecule is Brc1cc[pH]p1. The third-order valence-electron chi connectivity index (χ3n) is 0.467. The summed E-state index contributed by atoms with van der Waals surface area (Å²) in [5.74, 6) is 2.19. The van der Waals surface area contributed by atoms with Gasteiger partial charge in [-0.3, -0.25) is 0 Å². The Hall–Kier alpha value is 0.690. The lowest BCUT2D eigenvalue weighted by Gasteiger charge is -1.62. The maximum Gasteiger partial charge on any atom is 0.0487 e. The van der Waals surface area contributed by atoms with Gasteiger partial charge in [0.05, 0.1) is 0 Å². The fourth-order valence-corrected chi connectivity index (χ4v) is 3.31. The van der Waals surface area contributed by atoms with Crippen LogP contribution in [0.5, 0.6) is 0 Å². The molecule has 0 radical (unpaired) electrons. The second-order valence-corrected chi connectivity index (χ2v) is 5.11. The van der Waals surface area contributed by atoms with Crippen LogP contribution in [0.1, 0.15) is 0 Å². The van der Waals surface area contributed by atoms with Crippen LogP contribution in [0.25, 0.3) is 0 Å². The highest BCUT2D eigenvalue weighted by atomic mass is 79.9. The standard InChI is InChI=1S/C3H3BrP2/c4-3-1-2-5-6-3/h1-2,5H. The molecular formula is C3H3BrP2. The molecule has 0 spiro atoms. The largest absolute Gasteiger partial charge is 0.109 e. The van der Waals surface area contributed by atoms with E-state index in [-0.39, 0.29) is 0 Å². The second kappa shape index (κ2) is 2.12. The van der Waals surface area contributed by atoms with Gasteiger partial charge in [-0.2, -0.15) is 0 Å². The van der Waals surface area contributed by atoms with E-state index in [0.29, 0.717) is 0 Å². The zero-order valence-electron chi connectivity index (χ0n) is 2.98. The molecular weight excluding hydrogens is 178 g/mol. The number of hydrogen-bond acceptors (Lipinski definition) is 0. The lowest BCUT2D eigenvalue weighted by molar-refractivity contribution is 2.04. The van der Waals surface area contributed by atoms with Crippen LogP contribution in [0.2, 0.25) is 0 Å². The molecule has 0 N–H and O–H groups in total. The molecule has 1 aromatic heterocycles. The van der Waals surface area contributed by atoms with Gasteiger partial charge in [0.25, 0.3) is 0 Å². The van der Waals surface area contributed by atoms with Crippen LogP contribution >= 0.6 is 31.7 Å². The third kappa shape index (κ3) is 1.08. The quantitative estimate of drug-likeness (QED) is 0.576. The van der Waals surface area contributed by atoms with Crippen molar-refractivity contribution in [1.29, 1.82) is 0 Å². The Balaban J connectivity index is 3.05. The lowest BCUT2D eigenvalue weighted by atomic mass is 10.8. The highest BCUT2D eigenvalue weighted by Gasteiger charge is 1.77. The topological polar surface area (TPSA) is 0 Å². The zero-order chi connectivity index (χ0) is 4.41. The molecule has 1 aromatic rings. The van der Waals surface area contributed by atoms with Crippen molar-refractivity contribution < 1.29 is 0 Å². The molecule has 0 aliphatic rings. The van der Waals surface area contributed by atoms with Gasteiger partial charge in [0.1, 0.15) is 0 Å². The molecule has 0 aromatic carbocycles. The van der Waals surface area contributed by atoms with Crippen LogP contribution in [0.4, 0.5) is 0 Å². The maximum atomic E-state index is 3.36. The summed E-state index contributed by atoms with van der Waals surface area (Å²) in [7, 11) is 2.44. The van der Waals surface area contributed by atoms with Gasteiger partial charge in [0, 0.05) is 4.20 Å². The van der Waals surface area contributed by atoms with E-state index >= 15 is 0 Å². The van der Waals surface area contributed by atoms with Gasteiger partial charge in [-0.25, -0.2) is 0 Å². The molecule has 6 heavy (non-hydrogen) atoms. The monoisotopic (exact) mass is 180 g/mol. The Kier molecular flexibility index (Phi) is 1.71. The molecule has 0 fully saturated rings. The molecule has 1 atom stereocenters. The van der Waals surface area contributed by atoms with Crippen molar-refractivity contribution in [1.82, 2.24) is 0 Å². The van der Waals surface area contributed by atoms with Crippen LogP contribution in [-0.4, -0.2) is 0 Å². The number of hydrogen-bond donors (Lipinski definition) is 0. The smallest absolute Gasteiger partial charge is 0.0487 e. The third-order valence-corrected chi connectivity index (χ3v) is 4.61. The van der Waals surface area contributed by atoms with Crippen molar-refractivity contribution in [3.8, 4) is 0 Å². The molecule has 0 saturated heterocycles. The van der Waals surface area contributed by atoms with Crippen LogP contribution in [-0.2, 0) is 0 Å². The van der Waals surface area contributed by atoms with Crippen LogP contribution < -0.4 is 0 Å². The molecule has 0 nitrogen and oxygen atoms in total. The predicted molar refractivity (Wildman–Crippen MR) is 36.2 cm³/mol. The molecule has 3 heteroatoms. The second-order valence-electron chi connectivity index (χ2n) is 0.897. The molecule has 0 aliphatic carbocycles. The molecule has 1 heterocycles. The summed E-state index contributed by atoms with van der Waals surface area (Å²) in [5.41, 5.74) is 0. The summed E-state index contributed by atoms with van der Waals surface area (Å²) in [6, 6.07) is 2.11. The van der Waals surface area contributed by atoms with Crippen molar-refractivity contribution in [2.75, 3.05) is 0 Å². The van der Waals surface area contributed by atoms with Crippen molar-refractivity contribution >= 4 is 31.7 Å². The van der Waals surface area contributed by atoms with E-state index in [0.717, 1.165) is 7.87 Å². The van der Waals surface area contributed by atoms with Gasteiger partial charge in [-0.15, -0.1) is 7.87 Å². The van der Waals surface area contributed by atoms with Crippen molar-refractivity contribution in [2.45, 2.75) is 0 Å². The maximum absolute atomic E-state index is 3.36. The average molecular weight is 181 g/mol. The summed E-state index contributed by atoms with van der Waals surface area (Å²) >= 11 is 3.36. The zero-order valence-corrected chi connectivity index (χ0v) is 6.46. The Labute approximate surface area is 48.2 Å². The number of halogens is 1. The van der Waals surface area contributed by atoms with Gasteiger partial charge in [0.15, 0.2) is 0 Å². The molecule has 0 bridgehead atoms. The first-order chi connectivity index (χ1) is 2.89. The van der Waals surface area contributed by atoms with Crippen LogP contribution in [0.3, 0.4) is 0 Å². The normalized spacial score (nSPS) is 11.5. The molecule has 1 rings (SSSR count). The van der Waals surface area contributed by atoms with E-state index in [1.807, 2.05) is 0 Å². The van der Waals surface area contributed by atoms with E-state index in [4.69, 9.17) is 0 Å². The van der Waals surface area contributed by atoms with E-state index in [2.05, 4.69) is 27.8 Å². The molecule has 0 saturated carbocycles. The highest BCUT2D eigenvalue weighted by Crippen LogP contribution is 2.30. The number of rotatable bonds is 0. The summed E-state index contributed by atoms with van der Waals surface area (Å²) in [4.78, 5) is 0. The van der Waals surface area contributed by atoms with Gasteiger partial charge in [-0.1, -0.05) is 0 Å². The molecule has 32 valence electrons. The van der Waals surface area contributed by atoms with Gasteiger partial charge in [0.2, 0.25) is 0 Å². The summed E-state index contributed by atoms with van der Waals surface area (Å²) in [6.45, 7) is 0. The summed E-state index contributed by atoms with van der Waals surface area (Å²) in [5, 5.41) is 0. The molecule has 0 aliphatic heterocycles. The average Bonchev–Trinajstić information content (AvgIpc) is 1.86. The van der Waals surface area contributed by atoms with Crippen LogP contribution in [0.15, 0.2) is 16.1 Å². The Morgan fingerprint density at radius 2 is 2.67 bits per heavy atom. The highest BCUT2D eigenvalue weighted by molar-refractivity contribution is 9.11. The van der Waals surface area contributed by atoms with Crippen molar-refractivity contribution in [3.05, 3.63) is 16.1 Å². The van der Waals surface area contributed by atoms with E-state index in [9.17, 15) is 0 Å². The van der Waals surface area contributed by atoms with Gasteiger partial charge >= 0.3 is 0 Å². The van der Waals surface area contributed by atoms with Gasteiger partial charge in [-0.05, 0) is 35.7 Å². The van der Waals surface area contributed by atoms with Crippen molar-refractivity contribution in [3.63, 3.8) is 0 Å². The van der Waals surface area contributed by atoms with Crippen LogP contribution in [0, 0.1) is 0 Å². The fraction of sp³-hybridized carbons (Fsp3) is 0. The molecule has 1 unspecified atom stereocenters. The van der Waals surface area contributed by atoms with Crippen molar-refractivity contribution in [2.24, 2.45) is 0 Å². The van der Waals surface area contributed by atoms with E-state index in [1.54, 1.807) is 0 Å². The minimum atomic E-state index is 0.997. The summed E-state index contributed by atoms with van der Waals surface area (Å²) in [6.07, 6.45) is 0. The summed E-state index contributed by atoms with van der Waals surface area (Å²) < 4.78 is 1.32. The van der Waals surface area contributed by atoms with E-state index in [1.165, 1.54) is 12.1 Å². The Morgan fingerprint density at radius 3 is 2.83 bits per heavy atom. The van der Waals surface area contributed by atoms with Gasteiger partial charge < -0.3 is 0 Å². The fourth-order valence-electron chi connectivity index (χ4n) is 0.242. The first-order valence-corrected chi connectivity index (χ1v) is 5.15. The first kappa shape index (κ1) is 4.84.